The molecule has 0 saturated carbocycles. The fraction of sp³-hybridized carbons (Fsp3) is 0. The predicted octanol–water partition coefficient (Wildman–Crippen LogP) is -2.38. The van der Waals surface area contributed by atoms with E-state index in [0.717, 1.165) is 0 Å². The van der Waals surface area contributed by atoms with E-state index in [-0.39, 0.29) is 21.5 Å². The molecule has 0 atom stereocenters. The fourth-order valence-corrected chi connectivity index (χ4v) is 1.31. The summed E-state index contributed by atoms with van der Waals surface area (Å²) < 4.78 is 5.31. The third-order valence-corrected chi connectivity index (χ3v) is 1.96. The fourth-order valence-electron chi connectivity index (χ4n) is 0.243. The molecule has 0 aromatic heterocycles. The third kappa shape index (κ3) is 1.01. The average Bonchev–Trinajstić information content (AvgIpc) is 1.72. The molecule has 0 amide bonds. The number of halogens is 1. The Morgan fingerprint density at radius 3 is 2.50 bits per heavy atom. The van der Waals surface area contributed by atoms with Crippen LogP contribution in [0.1, 0.15) is 0 Å². The van der Waals surface area contributed by atoms with Gasteiger partial charge in [0.05, 0.1) is 0 Å². The molecular weight excluding hydrogens is 189 g/mol. The van der Waals surface area contributed by atoms with Gasteiger partial charge in [-0.25, -0.2) is 0 Å². The van der Waals surface area contributed by atoms with Crippen LogP contribution in [-0.4, -0.2) is 0 Å². The first-order chi connectivity index (χ1) is 3.00. The van der Waals surface area contributed by atoms with Gasteiger partial charge in [0.1, 0.15) is 0 Å². The molecule has 1 N–H and O–H groups in total. The van der Waals surface area contributed by atoms with Gasteiger partial charge in [-0.2, -0.15) is 0 Å². The Morgan fingerprint density at radius 2 is 2.33 bits per heavy atom. The summed E-state index contributed by atoms with van der Waals surface area (Å²) in [5, 5.41) is 0. The second kappa shape index (κ2) is 2.23. The Labute approximate surface area is 47.7 Å². The van der Waals surface area contributed by atoms with Gasteiger partial charge in [0.25, 0.3) is 0 Å². The summed E-state index contributed by atoms with van der Waals surface area (Å²) in [6.45, 7) is 0. The van der Waals surface area contributed by atoms with E-state index in [4.69, 9.17) is 0 Å². The molecule has 2 heteroatoms. The molecule has 0 spiro atoms. The van der Waals surface area contributed by atoms with Crippen LogP contribution in [-0.2, 0) is 0 Å². The van der Waals surface area contributed by atoms with Crippen LogP contribution in [0.2, 0.25) is 0 Å². The van der Waals surface area contributed by atoms with Crippen LogP contribution in [0.4, 0.5) is 0 Å². The van der Waals surface area contributed by atoms with Crippen molar-refractivity contribution in [3.8, 4) is 0 Å². The van der Waals surface area contributed by atoms with E-state index in [1.54, 1.807) is 0 Å². The van der Waals surface area contributed by atoms with Crippen LogP contribution in [0.15, 0.2) is 22.4 Å². The molecule has 1 rings (SSSR count). The summed E-state index contributed by atoms with van der Waals surface area (Å²) >= 11 is 0.197. The summed E-state index contributed by atoms with van der Waals surface area (Å²) in [7, 11) is 0. The van der Waals surface area contributed by atoms with Gasteiger partial charge in [-0.3, -0.25) is 0 Å². The van der Waals surface area contributed by atoms with Crippen molar-refractivity contribution >= 4 is 0 Å². The average molecular weight is 194 g/mol. The van der Waals surface area contributed by atoms with Crippen molar-refractivity contribution in [2.24, 2.45) is 0 Å². The van der Waals surface area contributed by atoms with Crippen molar-refractivity contribution in [3.05, 3.63) is 22.4 Å². The van der Waals surface area contributed by atoms with Gasteiger partial charge in [-0.1, -0.05) is 0 Å². The molecule has 0 fully saturated rings. The van der Waals surface area contributed by atoms with Gasteiger partial charge < -0.3 is 0 Å². The summed E-state index contributed by atoms with van der Waals surface area (Å²) in [4.78, 5) is 0. The molecule has 0 saturated heterocycles. The van der Waals surface area contributed by atoms with Gasteiger partial charge in [0.15, 0.2) is 0 Å². The van der Waals surface area contributed by atoms with E-state index in [0.29, 0.717) is 0 Å². The quantitative estimate of drug-likeness (QED) is 0.335. The molecule has 0 unspecified atom stereocenters. The van der Waals surface area contributed by atoms with E-state index in [9.17, 15) is 0 Å². The molecule has 0 aromatic carbocycles. The van der Waals surface area contributed by atoms with Crippen LogP contribution in [0, 0.1) is 0 Å². The zero-order chi connectivity index (χ0) is 4.24. The van der Waals surface area contributed by atoms with Crippen molar-refractivity contribution in [2.75, 3.05) is 0 Å². The molecule has 0 aromatic rings. The number of hydrogen-bond donors (Lipinski definition) is 1. The summed E-state index contributed by atoms with van der Waals surface area (Å²) in [6.07, 6.45) is 6.06. The number of allylic oxidation sites excluding steroid dienone is 2. The van der Waals surface area contributed by atoms with E-state index < -0.39 is 0 Å². The standard InChI is InChI=1S/C4H5IN/c1-2-4-6-5-3-1/h1-4,6H/q-1. The van der Waals surface area contributed by atoms with E-state index in [1.165, 1.54) is 0 Å². The SMILES string of the molecule is C1=CN[I-]C=C1. The predicted molar refractivity (Wildman–Crippen MR) is 21.4 cm³/mol. The molecule has 0 bridgehead atoms. The second-order valence-electron chi connectivity index (χ2n) is 0.896. The van der Waals surface area contributed by atoms with Crippen molar-refractivity contribution in [3.63, 3.8) is 0 Å². The maximum atomic E-state index is 3.13. The number of rotatable bonds is 0. The Balaban J connectivity index is 2.46. The van der Waals surface area contributed by atoms with E-state index >= 15 is 0 Å². The molecule has 1 nitrogen and oxygen atoms in total. The zero-order valence-electron chi connectivity index (χ0n) is 3.19. The van der Waals surface area contributed by atoms with Gasteiger partial charge in [0, 0.05) is 0 Å². The Bertz CT molecular complexity index is 73.5. The maximum absolute atomic E-state index is 3.13. The van der Waals surface area contributed by atoms with Crippen molar-refractivity contribution in [1.29, 1.82) is 0 Å². The molecule has 0 radical (unpaired) electrons. The first-order valence-corrected chi connectivity index (χ1v) is 4.02. The van der Waals surface area contributed by atoms with Crippen LogP contribution in [0.3, 0.4) is 0 Å². The first kappa shape index (κ1) is 4.18. The number of hydrogen-bond acceptors (Lipinski definition) is 1. The molecule has 34 valence electrons. The van der Waals surface area contributed by atoms with Crippen molar-refractivity contribution in [2.45, 2.75) is 0 Å². The Morgan fingerprint density at radius 1 is 1.33 bits per heavy atom. The monoisotopic (exact) mass is 194 g/mol. The minimum atomic E-state index is 0.197. The van der Waals surface area contributed by atoms with Crippen LogP contribution < -0.4 is 25.0 Å². The van der Waals surface area contributed by atoms with Gasteiger partial charge in [0.2, 0.25) is 0 Å². The van der Waals surface area contributed by atoms with E-state index in [2.05, 4.69) is 13.7 Å². The Hall–Kier alpha value is 0.01000. The van der Waals surface area contributed by atoms with Crippen LogP contribution in [0.25, 0.3) is 0 Å². The van der Waals surface area contributed by atoms with Crippen molar-refractivity contribution < 1.29 is 21.5 Å². The Kier molecular flexibility index (Phi) is 1.55. The van der Waals surface area contributed by atoms with Crippen LogP contribution >= 0.6 is 0 Å². The van der Waals surface area contributed by atoms with Gasteiger partial charge >= 0.3 is 47.4 Å². The summed E-state index contributed by atoms with van der Waals surface area (Å²) in [6, 6.07) is 0. The summed E-state index contributed by atoms with van der Waals surface area (Å²) in [5.41, 5.74) is 0. The minimum absolute atomic E-state index is 0.197. The second-order valence-corrected chi connectivity index (χ2v) is 2.86. The van der Waals surface area contributed by atoms with Crippen molar-refractivity contribution in [1.82, 2.24) is 3.53 Å². The molecule has 1 aliphatic heterocycles. The zero-order valence-corrected chi connectivity index (χ0v) is 5.34. The topological polar surface area (TPSA) is 12.0 Å². The molecular formula is C4H5IN-. The third-order valence-electron chi connectivity index (χ3n) is 0.469. The molecule has 1 aliphatic rings. The van der Waals surface area contributed by atoms with Gasteiger partial charge in [-0.15, -0.1) is 0 Å². The normalized spacial score (nSPS) is 18.7. The molecule has 1 heterocycles. The first-order valence-electron chi connectivity index (χ1n) is 1.70. The molecule has 0 aliphatic carbocycles. The summed E-state index contributed by atoms with van der Waals surface area (Å²) in [5.74, 6) is 0. The van der Waals surface area contributed by atoms with E-state index in [1.807, 2.05) is 12.3 Å². The van der Waals surface area contributed by atoms with Gasteiger partial charge in [-0.05, 0) is 0 Å². The number of nitrogens with one attached hydrogen (secondary N) is 1. The van der Waals surface area contributed by atoms with Crippen LogP contribution in [0.5, 0.6) is 0 Å². The molecule has 6 heavy (non-hydrogen) atoms.